The SMILES string of the molecule is CC(Cc1ccc(Oc2cc(N3CCN(Cc4ccccn4)CC3)nc(N)n2)cc1)(Oc1ccccc1)C(=O)O. The van der Waals surface area contributed by atoms with Gasteiger partial charge in [0, 0.05) is 51.4 Å². The standard InChI is InChI=1S/C30H32N6O4/c1-30(28(37)38,40-25-8-3-2-4-9-25)20-22-10-12-24(13-11-22)39-27-19-26(33-29(31)34-27)36-17-15-35(16-18-36)21-23-7-5-6-14-32-23/h2-14,19H,15-18,20-21H2,1H3,(H,37,38)(H2,31,33,34). The molecule has 1 unspecified atom stereocenters. The number of nitrogens with zero attached hydrogens (tertiary/aromatic N) is 5. The summed E-state index contributed by atoms with van der Waals surface area (Å²) in [5, 5.41) is 9.86. The lowest BCUT2D eigenvalue weighted by molar-refractivity contribution is -0.153. The van der Waals surface area contributed by atoms with Crippen LogP contribution in [-0.4, -0.2) is 62.7 Å². The lowest BCUT2D eigenvalue weighted by Crippen LogP contribution is -2.46. The Hall–Kier alpha value is -4.70. The predicted molar refractivity (Wildman–Crippen MR) is 152 cm³/mol. The number of carbonyl (C=O) groups is 1. The Labute approximate surface area is 233 Å². The van der Waals surface area contributed by atoms with Gasteiger partial charge >= 0.3 is 5.97 Å². The first-order chi connectivity index (χ1) is 19.4. The molecule has 3 heterocycles. The first kappa shape index (κ1) is 26.9. The van der Waals surface area contributed by atoms with Crippen LogP contribution in [0.1, 0.15) is 18.2 Å². The van der Waals surface area contributed by atoms with Crippen LogP contribution in [0.5, 0.6) is 17.4 Å². The van der Waals surface area contributed by atoms with Gasteiger partial charge in [-0.15, -0.1) is 0 Å². The highest BCUT2D eigenvalue weighted by Gasteiger charge is 2.36. The van der Waals surface area contributed by atoms with E-state index in [1.54, 1.807) is 49.4 Å². The molecular weight excluding hydrogens is 508 g/mol. The Kier molecular flexibility index (Phi) is 8.07. The van der Waals surface area contributed by atoms with Crippen LogP contribution in [0.4, 0.5) is 11.8 Å². The van der Waals surface area contributed by atoms with E-state index in [1.165, 1.54) is 0 Å². The van der Waals surface area contributed by atoms with Crippen molar-refractivity contribution in [3.63, 3.8) is 0 Å². The zero-order valence-corrected chi connectivity index (χ0v) is 22.3. The second kappa shape index (κ2) is 12.0. The maximum absolute atomic E-state index is 12.0. The number of aromatic nitrogens is 3. The van der Waals surface area contributed by atoms with E-state index >= 15 is 0 Å². The van der Waals surface area contributed by atoms with E-state index in [9.17, 15) is 9.90 Å². The van der Waals surface area contributed by atoms with Crippen molar-refractivity contribution in [3.8, 4) is 17.4 Å². The minimum absolute atomic E-state index is 0.135. The van der Waals surface area contributed by atoms with Gasteiger partial charge in [0.15, 0.2) is 0 Å². The highest BCUT2D eigenvalue weighted by molar-refractivity contribution is 5.78. The Morgan fingerprint density at radius 3 is 2.35 bits per heavy atom. The number of pyridine rings is 1. The Bertz CT molecular complexity index is 1410. The fourth-order valence-electron chi connectivity index (χ4n) is 4.59. The van der Waals surface area contributed by atoms with Gasteiger partial charge in [0.2, 0.25) is 17.4 Å². The topological polar surface area (TPSA) is 127 Å². The number of anilines is 2. The number of para-hydroxylation sites is 1. The van der Waals surface area contributed by atoms with E-state index in [0.717, 1.165) is 44.0 Å². The molecule has 0 aliphatic carbocycles. The monoisotopic (exact) mass is 540 g/mol. The Morgan fingerprint density at radius 2 is 1.68 bits per heavy atom. The number of carboxylic acid groups (broad SMARTS) is 1. The van der Waals surface area contributed by atoms with Crippen molar-refractivity contribution in [2.45, 2.75) is 25.5 Å². The van der Waals surface area contributed by atoms with Crippen molar-refractivity contribution >= 4 is 17.7 Å². The summed E-state index contributed by atoms with van der Waals surface area (Å²) in [7, 11) is 0. The lowest BCUT2D eigenvalue weighted by Gasteiger charge is -2.35. The predicted octanol–water partition coefficient (Wildman–Crippen LogP) is 4.03. The number of hydrogen-bond acceptors (Lipinski definition) is 9. The number of aliphatic carboxylic acids is 1. The highest BCUT2D eigenvalue weighted by Crippen LogP contribution is 2.27. The number of ether oxygens (including phenoxy) is 2. The normalized spacial score (nSPS) is 15.3. The molecule has 0 radical (unpaired) electrons. The van der Waals surface area contributed by atoms with E-state index in [2.05, 4.69) is 24.8 Å². The number of nitrogen functional groups attached to an aromatic ring is 1. The fraction of sp³-hybridized carbons (Fsp3) is 0.267. The molecule has 0 amide bonds. The molecule has 0 spiro atoms. The van der Waals surface area contributed by atoms with Gasteiger partial charge in [0.1, 0.15) is 17.3 Å². The van der Waals surface area contributed by atoms with Crippen molar-refractivity contribution in [2.75, 3.05) is 36.8 Å². The van der Waals surface area contributed by atoms with Gasteiger partial charge in [0.05, 0.1) is 5.69 Å². The Balaban J connectivity index is 1.21. The number of rotatable bonds is 10. The smallest absolute Gasteiger partial charge is 0.348 e. The number of benzene rings is 2. The summed E-state index contributed by atoms with van der Waals surface area (Å²) in [6.45, 7) is 5.73. The van der Waals surface area contributed by atoms with Crippen LogP contribution < -0.4 is 20.1 Å². The first-order valence-corrected chi connectivity index (χ1v) is 13.1. The quantitative estimate of drug-likeness (QED) is 0.304. The van der Waals surface area contributed by atoms with Crippen LogP contribution in [0, 0.1) is 0 Å². The largest absolute Gasteiger partial charge is 0.478 e. The molecule has 3 N–H and O–H groups in total. The average Bonchev–Trinajstić information content (AvgIpc) is 2.95. The fourth-order valence-corrected chi connectivity index (χ4v) is 4.59. The number of hydrogen-bond donors (Lipinski definition) is 2. The van der Waals surface area contributed by atoms with Crippen LogP contribution >= 0.6 is 0 Å². The molecule has 10 nitrogen and oxygen atoms in total. The van der Waals surface area contributed by atoms with Gasteiger partial charge in [-0.2, -0.15) is 9.97 Å². The van der Waals surface area contributed by atoms with Crippen molar-refractivity contribution in [1.29, 1.82) is 0 Å². The molecule has 0 bridgehead atoms. The molecule has 0 saturated carbocycles. The molecule has 1 fully saturated rings. The molecule has 4 aromatic rings. The molecule has 1 saturated heterocycles. The van der Waals surface area contributed by atoms with Crippen LogP contribution in [0.2, 0.25) is 0 Å². The molecule has 2 aromatic carbocycles. The maximum atomic E-state index is 12.0. The Morgan fingerprint density at radius 1 is 0.950 bits per heavy atom. The van der Waals surface area contributed by atoms with Crippen molar-refractivity contribution < 1.29 is 19.4 Å². The van der Waals surface area contributed by atoms with Crippen LogP contribution in [0.3, 0.4) is 0 Å². The number of nitrogens with two attached hydrogens (primary N) is 1. The molecule has 2 aromatic heterocycles. The van der Waals surface area contributed by atoms with Crippen LogP contribution in [0.15, 0.2) is 85.1 Å². The molecular formula is C30H32N6O4. The summed E-state index contributed by atoms with van der Waals surface area (Å²) >= 11 is 0. The lowest BCUT2D eigenvalue weighted by atomic mass is 9.96. The van der Waals surface area contributed by atoms with E-state index in [-0.39, 0.29) is 12.4 Å². The summed E-state index contributed by atoms with van der Waals surface area (Å²) in [4.78, 5) is 29.7. The van der Waals surface area contributed by atoms with Gasteiger partial charge in [-0.1, -0.05) is 36.4 Å². The minimum atomic E-state index is -1.43. The van der Waals surface area contributed by atoms with Crippen molar-refractivity contribution in [3.05, 3.63) is 96.3 Å². The van der Waals surface area contributed by atoms with Crippen molar-refractivity contribution in [2.24, 2.45) is 0 Å². The molecule has 5 rings (SSSR count). The van der Waals surface area contributed by atoms with E-state index in [0.29, 0.717) is 23.2 Å². The summed E-state index contributed by atoms with van der Waals surface area (Å²) in [6.07, 6.45) is 1.99. The second-order valence-electron chi connectivity index (χ2n) is 9.88. The third-order valence-electron chi connectivity index (χ3n) is 6.74. The second-order valence-corrected chi connectivity index (χ2v) is 9.88. The highest BCUT2D eigenvalue weighted by atomic mass is 16.5. The third-order valence-corrected chi connectivity index (χ3v) is 6.74. The van der Waals surface area contributed by atoms with Gasteiger partial charge in [0.25, 0.3) is 0 Å². The summed E-state index contributed by atoms with van der Waals surface area (Å²) < 4.78 is 11.8. The number of piperazine rings is 1. The summed E-state index contributed by atoms with van der Waals surface area (Å²) in [5.74, 6) is 1.20. The molecule has 40 heavy (non-hydrogen) atoms. The molecule has 10 heteroatoms. The first-order valence-electron chi connectivity index (χ1n) is 13.1. The maximum Gasteiger partial charge on any atom is 0.348 e. The molecule has 206 valence electrons. The van der Waals surface area contributed by atoms with Gasteiger partial charge < -0.3 is 25.2 Å². The van der Waals surface area contributed by atoms with Crippen LogP contribution in [-0.2, 0) is 17.8 Å². The van der Waals surface area contributed by atoms with Crippen LogP contribution in [0.25, 0.3) is 0 Å². The minimum Gasteiger partial charge on any atom is -0.478 e. The third kappa shape index (κ3) is 6.83. The summed E-state index contributed by atoms with van der Waals surface area (Å²) in [6, 6.07) is 23.9. The zero-order valence-electron chi connectivity index (χ0n) is 22.3. The zero-order chi connectivity index (χ0) is 28.0. The van der Waals surface area contributed by atoms with Gasteiger partial charge in [-0.05, 0) is 48.9 Å². The van der Waals surface area contributed by atoms with E-state index in [1.807, 2.05) is 42.6 Å². The average molecular weight is 541 g/mol. The van der Waals surface area contributed by atoms with E-state index in [4.69, 9.17) is 15.2 Å². The van der Waals surface area contributed by atoms with Gasteiger partial charge in [-0.25, -0.2) is 4.79 Å². The molecule has 1 aliphatic rings. The van der Waals surface area contributed by atoms with Gasteiger partial charge in [-0.3, -0.25) is 9.88 Å². The summed E-state index contributed by atoms with van der Waals surface area (Å²) in [5.41, 5.74) is 6.44. The molecule has 1 atom stereocenters. The number of carboxylic acids is 1. The van der Waals surface area contributed by atoms with E-state index < -0.39 is 11.6 Å². The molecule has 1 aliphatic heterocycles. The van der Waals surface area contributed by atoms with Crippen molar-refractivity contribution in [1.82, 2.24) is 19.9 Å².